The second-order valence-corrected chi connectivity index (χ2v) is 10.6. The zero-order valence-electron chi connectivity index (χ0n) is 18.9. The summed E-state index contributed by atoms with van der Waals surface area (Å²) in [5.74, 6) is -0.169. The number of carbonyl (C=O) groups excluding carboxylic acids is 1. The number of fused-ring (bicyclic) bond motifs is 2. The fourth-order valence-electron chi connectivity index (χ4n) is 5.16. The smallest absolute Gasteiger partial charge is 0.268 e. The van der Waals surface area contributed by atoms with E-state index in [0.29, 0.717) is 24.4 Å². The quantitative estimate of drug-likeness (QED) is 0.627. The van der Waals surface area contributed by atoms with Crippen molar-refractivity contribution < 1.29 is 13.2 Å². The molecular formula is C25H28N4O3S. The average molecular weight is 465 g/mol. The zero-order valence-corrected chi connectivity index (χ0v) is 19.7. The van der Waals surface area contributed by atoms with Gasteiger partial charge in [0.15, 0.2) is 0 Å². The monoisotopic (exact) mass is 464 g/mol. The van der Waals surface area contributed by atoms with E-state index in [4.69, 9.17) is 0 Å². The lowest BCUT2D eigenvalue weighted by molar-refractivity contribution is -0.122. The Balaban J connectivity index is 1.37. The molecule has 0 saturated heterocycles. The molecule has 33 heavy (non-hydrogen) atoms. The Bertz CT molecular complexity index is 1330. The van der Waals surface area contributed by atoms with Gasteiger partial charge in [-0.2, -0.15) is 5.10 Å². The highest BCUT2D eigenvalue weighted by Gasteiger charge is 2.35. The molecule has 0 spiro atoms. The van der Waals surface area contributed by atoms with Gasteiger partial charge in [-0.25, -0.2) is 8.42 Å². The van der Waals surface area contributed by atoms with E-state index in [9.17, 15) is 13.2 Å². The van der Waals surface area contributed by atoms with Crippen LogP contribution in [0.2, 0.25) is 0 Å². The fourth-order valence-corrected chi connectivity index (χ4v) is 7.04. The van der Waals surface area contributed by atoms with Gasteiger partial charge in [-0.05, 0) is 62.3 Å². The third kappa shape index (κ3) is 3.82. The fraction of sp³-hybridized carbons (Fsp3) is 0.360. The van der Waals surface area contributed by atoms with Crippen LogP contribution in [0.25, 0.3) is 0 Å². The summed E-state index contributed by atoms with van der Waals surface area (Å²) in [5.41, 5.74) is 5.08. The molecule has 1 N–H and O–H groups in total. The first kappa shape index (κ1) is 21.7. The lowest BCUT2D eigenvalue weighted by Crippen LogP contribution is -2.34. The first-order chi connectivity index (χ1) is 15.9. The van der Waals surface area contributed by atoms with Crippen LogP contribution in [0.15, 0.2) is 53.4 Å². The maximum atomic E-state index is 13.6. The Kier molecular flexibility index (Phi) is 5.48. The first-order valence-corrected chi connectivity index (χ1v) is 12.8. The number of nitrogens with one attached hydrogen (secondary N) is 1. The standard InChI is InChI=1S/C25H28N4O3S/c1-17-25(33(31,32)29-15-14-20-9-4-6-13-23(20)29)18(2)28(27-17)16-24(30)26-22-12-7-10-19-8-3-5-11-21(19)22/h3-6,8-9,11,13,22H,7,10,12,14-16H2,1-2H3,(H,26,30). The number of para-hydroxylation sites is 1. The molecule has 1 aromatic heterocycles. The molecule has 1 amide bonds. The van der Waals surface area contributed by atoms with Crippen LogP contribution in [-0.2, 0) is 34.2 Å². The molecule has 2 aliphatic rings. The number of hydrogen-bond donors (Lipinski definition) is 1. The summed E-state index contributed by atoms with van der Waals surface area (Å²) in [7, 11) is -3.78. The Morgan fingerprint density at radius 3 is 2.61 bits per heavy atom. The molecule has 8 heteroatoms. The maximum Gasteiger partial charge on any atom is 0.268 e. The molecule has 0 saturated carbocycles. The van der Waals surface area contributed by atoms with Crippen LogP contribution in [0.1, 0.15) is 47.0 Å². The largest absolute Gasteiger partial charge is 0.348 e. The maximum absolute atomic E-state index is 13.6. The van der Waals surface area contributed by atoms with Gasteiger partial charge in [-0.3, -0.25) is 13.8 Å². The van der Waals surface area contributed by atoms with Crippen molar-refractivity contribution in [2.24, 2.45) is 0 Å². The lowest BCUT2D eigenvalue weighted by Gasteiger charge is -2.26. The number of nitrogens with zero attached hydrogens (tertiary/aromatic N) is 3. The van der Waals surface area contributed by atoms with Gasteiger partial charge in [-0.1, -0.05) is 42.5 Å². The normalized spacial score (nSPS) is 17.5. The van der Waals surface area contributed by atoms with Gasteiger partial charge in [0.25, 0.3) is 10.0 Å². The van der Waals surface area contributed by atoms with E-state index >= 15 is 0 Å². The Hall–Kier alpha value is -3.13. The molecule has 5 rings (SSSR count). The third-order valence-corrected chi connectivity index (χ3v) is 8.77. The van der Waals surface area contributed by atoms with Gasteiger partial charge in [0, 0.05) is 6.54 Å². The lowest BCUT2D eigenvalue weighted by atomic mass is 9.88. The van der Waals surface area contributed by atoms with E-state index in [1.165, 1.54) is 20.1 Å². The summed E-state index contributed by atoms with van der Waals surface area (Å²) in [5, 5.41) is 7.56. The molecule has 1 aliphatic carbocycles. The number of anilines is 1. The number of hydrogen-bond acceptors (Lipinski definition) is 4. The minimum atomic E-state index is -3.78. The highest BCUT2D eigenvalue weighted by atomic mass is 32.2. The van der Waals surface area contributed by atoms with Crippen LogP contribution in [-0.4, -0.2) is 30.7 Å². The summed E-state index contributed by atoms with van der Waals surface area (Å²) < 4.78 is 30.1. The van der Waals surface area contributed by atoms with Crippen LogP contribution in [0.5, 0.6) is 0 Å². The minimum Gasteiger partial charge on any atom is -0.348 e. The van der Waals surface area contributed by atoms with Crippen LogP contribution in [0, 0.1) is 13.8 Å². The van der Waals surface area contributed by atoms with Crippen molar-refractivity contribution in [3.8, 4) is 0 Å². The number of aromatic nitrogens is 2. The number of sulfonamides is 1. The van der Waals surface area contributed by atoms with E-state index in [1.807, 2.05) is 36.4 Å². The van der Waals surface area contributed by atoms with Gasteiger partial charge in [0.1, 0.15) is 11.4 Å². The van der Waals surface area contributed by atoms with Crippen molar-refractivity contribution in [3.63, 3.8) is 0 Å². The van der Waals surface area contributed by atoms with Crippen LogP contribution < -0.4 is 9.62 Å². The second kappa shape index (κ2) is 8.33. The van der Waals surface area contributed by atoms with Crippen molar-refractivity contribution in [1.29, 1.82) is 0 Å². The van der Waals surface area contributed by atoms with Gasteiger partial charge in [-0.15, -0.1) is 0 Å². The van der Waals surface area contributed by atoms with Crippen LogP contribution in [0.4, 0.5) is 5.69 Å². The number of amides is 1. The summed E-state index contributed by atoms with van der Waals surface area (Å²) in [6, 6.07) is 15.8. The Morgan fingerprint density at radius 1 is 1.06 bits per heavy atom. The van der Waals surface area contributed by atoms with Crippen LogP contribution >= 0.6 is 0 Å². The summed E-state index contributed by atoms with van der Waals surface area (Å²) >= 11 is 0. The highest BCUT2D eigenvalue weighted by molar-refractivity contribution is 7.93. The van der Waals surface area contributed by atoms with Crippen molar-refractivity contribution >= 4 is 21.6 Å². The molecule has 3 aromatic rings. The average Bonchev–Trinajstić information content (AvgIpc) is 3.35. The third-order valence-electron chi connectivity index (χ3n) is 6.71. The van der Waals surface area contributed by atoms with Gasteiger partial charge in [0.2, 0.25) is 5.91 Å². The summed E-state index contributed by atoms with van der Waals surface area (Å²) in [4.78, 5) is 13.1. The van der Waals surface area contributed by atoms with E-state index < -0.39 is 10.0 Å². The number of aryl methyl sites for hydroxylation is 2. The van der Waals surface area contributed by atoms with Gasteiger partial charge < -0.3 is 5.32 Å². The Morgan fingerprint density at radius 2 is 1.79 bits per heavy atom. The molecule has 1 aliphatic heterocycles. The van der Waals surface area contributed by atoms with Crippen molar-refractivity contribution in [2.45, 2.75) is 57.0 Å². The predicted molar refractivity (Wildman–Crippen MR) is 127 cm³/mol. The van der Waals surface area contributed by atoms with Crippen molar-refractivity contribution in [1.82, 2.24) is 15.1 Å². The van der Waals surface area contributed by atoms with E-state index in [1.54, 1.807) is 13.8 Å². The van der Waals surface area contributed by atoms with E-state index in [0.717, 1.165) is 30.5 Å². The molecule has 7 nitrogen and oxygen atoms in total. The molecule has 2 aromatic carbocycles. The van der Waals surface area contributed by atoms with E-state index in [-0.39, 0.29) is 23.4 Å². The van der Waals surface area contributed by atoms with Gasteiger partial charge in [0.05, 0.1) is 23.1 Å². The zero-order chi connectivity index (χ0) is 23.2. The second-order valence-electron chi connectivity index (χ2n) is 8.82. The number of carbonyl (C=O) groups is 1. The molecule has 0 radical (unpaired) electrons. The summed E-state index contributed by atoms with van der Waals surface area (Å²) in [6.07, 6.45) is 3.64. The number of benzene rings is 2. The SMILES string of the molecule is Cc1nn(CC(=O)NC2CCCc3ccccc32)c(C)c1S(=O)(=O)N1CCc2ccccc21. The van der Waals surface area contributed by atoms with E-state index in [2.05, 4.69) is 22.5 Å². The molecule has 0 bridgehead atoms. The highest BCUT2D eigenvalue weighted by Crippen LogP contribution is 2.34. The predicted octanol–water partition coefficient (Wildman–Crippen LogP) is 3.45. The summed E-state index contributed by atoms with van der Waals surface area (Å²) in [6.45, 7) is 3.80. The van der Waals surface area contributed by atoms with Crippen molar-refractivity contribution in [3.05, 3.63) is 76.6 Å². The molecule has 172 valence electrons. The number of rotatable bonds is 5. The van der Waals surface area contributed by atoms with Gasteiger partial charge >= 0.3 is 0 Å². The topological polar surface area (TPSA) is 84.3 Å². The molecule has 0 fully saturated rings. The Labute approximate surface area is 194 Å². The molecular weight excluding hydrogens is 436 g/mol. The molecule has 1 unspecified atom stereocenters. The van der Waals surface area contributed by atoms with Crippen molar-refractivity contribution in [2.75, 3.05) is 10.8 Å². The first-order valence-electron chi connectivity index (χ1n) is 11.4. The minimum absolute atomic E-state index is 0.0164. The molecule has 2 heterocycles. The van der Waals surface area contributed by atoms with Crippen LogP contribution in [0.3, 0.4) is 0 Å². The molecule has 1 atom stereocenters.